The van der Waals surface area contributed by atoms with Crippen molar-refractivity contribution in [2.24, 2.45) is 5.92 Å². The molecule has 0 N–H and O–H groups in total. The Bertz CT molecular complexity index is 419. The Labute approximate surface area is 102 Å². The summed E-state index contributed by atoms with van der Waals surface area (Å²) in [5.41, 5.74) is 2.02. The molecule has 0 radical (unpaired) electrons. The molecule has 1 aliphatic carbocycles. The summed E-state index contributed by atoms with van der Waals surface area (Å²) in [4.78, 5) is 0. The van der Waals surface area contributed by atoms with Crippen molar-refractivity contribution in [1.29, 1.82) is 5.26 Å². The highest BCUT2D eigenvalue weighted by molar-refractivity contribution is 5.33. The molecule has 1 fully saturated rings. The fourth-order valence-electron chi connectivity index (χ4n) is 2.58. The molecule has 1 aromatic carbocycles. The van der Waals surface area contributed by atoms with Crippen LogP contribution >= 0.6 is 0 Å². The minimum atomic E-state index is 0.412. The molecule has 0 atom stereocenters. The van der Waals surface area contributed by atoms with Gasteiger partial charge in [0.25, 0.3) is 0 Å². The van der Waals surface area contributed by atoms with Gasteiger partial charge in [-0.25, -0.2) is 4.39 Å². The van der Waals surface area contributed by atoms with Crippen molar-refractivity contribution in [3.05, 3.63) is 47.8 Å². The largest absolute Gasteiger partial charge is 0.216 e. The van der Waals surface area contributed by atoms with Crippen molar-refractivity contribution >= 4 is 0 Å². The van der Waals surface area contributed by atoms with E-state index in [9.17, 15) is 4.39 Å². The predicted octanol–water partition coefficient (Wildman–Crippen LogP) is 4.32. The number of benzene rings is 1. The van der Waals surface area contributed by atoms with E-state index in [1.165, 1.54) is 5.56 Å². The molecule has 0 unspecified atom stereocenters. The fraction of sp³-hybridized carbons (Fsp3) is 0.400. The molecular weight excluding hydrogens is 213 g/mol. The van der Waals surface area contributed by atoms with Crippen LogP contribution in [0.1, 0.15) is 42.7 Å². The number of allylic oxidation sites excluding steroid dienone is 1. The van der Waals surface area contributed by atoms with Gasteiger partial charge in [0.1, 0.15) is 0 Å². The van der Waals surface area contributed by atoms with Gasteiger partial charge in [0.05, 0.1) is 18.0 Å². The fourth-order valence-corrected chi connectivity index (χ4v) is 2.58. The summed E-state index contributed by atoms with van der Waals surface area (Å²) in [6.45, 7) is 0. The normalized spacial score (nSPS) is 24.7. The highest BCUT2D eigenvalue weighted by Crippen LogP contribution is 2.36. The van der Waals surface area contributed by atoms with Crippen LogP contribution in [0.4, 0.5) is 4.39 Å². The van der Waals surface area contributed by atoms with E-state index >= 15 is 0 Å². The molecule has 1 aliphatic rings. The zero-order chi connectivity index (χ0) is 12.1. The number of hydrogen-bond acceptors (Lipinski definition) is 1. The molecule has 0 aliphatic heterocycles. The first kappa shape index (κ1) is 11.9. The predicted molar refractivity (Wildman–Crippen MR) is 66.1 cm³/mol. The van der Waals surface area contributed by atoms with Crippen LogP contribution in [-0.2, 0) is 0 Å². The molecule has 88 valence electrons. The van der Waals surface area contributed by atoms with E-state index in [0.717, 1.165) is 25.7 Å². The summed E-state index contributed by atoms with van der Waals surface area (Å²) in [5.74, 6) is 0.988. The molecule has 0 saturated heterocycles. The second kappa shape index (κ2) is 5.63. The molecule has 2 heteroatoms. The zero-order valence-electron chi connectivity index (χ0n) is 9.77. The van der Waals surface area contributed by atoms with E-state index in [-0.39, 0.29) is 0 Å². The lowest BCUT2D eigenvalue weighted by Gasteiger charge is -2.26. The average molecular weight is 229 g/mol. The van der Waals surface area contributed by atoms with Crippen LogP contribution in [-0.4, -0.2) is 0 Å². The summed E-state index contributed by atoms with van der Waals surface area (Å²) in [7, 11) is 0. The quantitative estimate of drug-likeness (QED) is 0.741. The topological polar surface area (TPSA) is 23.8 Å². The van der Waals surface area contributed by atoms with Crippen LogP contribution in [0.2, 0.25) is 0 Å². The number of nitrogens with zero attached hydrogens (tertiary/aromatic N) is 1. The van der Waals surface area contributed by atoms with Crippen molar-refractivity contribution in [2.75, 3.05) is 0 Å². The van der Waals surface area contributed by atoms with Crippen LogP contribution < -0.4 is 0 Å². The van der Waals surface area contributed by atoms with E-state index in [0.29, 0.717) is 23.7 Å². The van der Waals surface area contributed by atoms with Crippen molar-refractivity contribution in [2.45, 2.75) is 31.6 Å². The lowest BCUT2D eigenvalue weighted by atomic mass is 9.79. The second-order valence-electron chi connectivity index (χ2n) is 4.66. The van der Waals surface area contributed by atoms with Crippen LogP contribution in [0.25, 0.3) is 0 Å². The van der Waals surface area contributed by atoms with Crippen molar-refractivity contribution in [3.8, 4) is 6.07 Å². The third-order valence-corrected chi connectivity index (χ3v) is 3.63. The van der Waals surface area contributed by atoms with Gasteiger partial charge in [-0.1, -0.05) is 18.2 Å². The molecule has 0 spiro atoms. The summed E-state index contributed by atoms with van der Waals surface area (Å²) in [6, 6.07) is 9.99. The molecule has 0 bridgehead atoms. The van der Waals surface area contributed by atoms with E-state index in [4.69, 9.17) is 5.26 Å². The van der Waals surface area contributed by atoms with Crippen molar-refractivity contribution < 1.29 is 4.39 Å². The SMILES string of the molecule is N#Cc1ccc(C2CCC(C=CF)CC2)cc1. The monoisotopic (exact) mass is 229 g/mol. The van der Waals surface area contributed by atoms with Gasteiger partial charge in [-0.2, -0.15) is 5.26 Å². The molecule has 17 heavy (non-hydrogen) atoms. The first-order chi connectivity index (χ1) is 8.33. The molecule has 0 heterocycles. The number of halogens is 1. The molecule has 1 nitrogen and oxygen atoms in total. The van der Waals surface area contributed by atoms with Gasteiger partial charge in [0.2, 0.25) is 0 Å². The summed E-state index contributed by atoms with van der Waals surface area (Å²) < 4.78 is 12.1. The highest BCUT2D eigenvalue weighted by atomic mass is 19.1. The Balaban J connectivity index is 1.98. The molecule has 1 aromatic rings. The minimum absolute atomic E-state index is 0.412. The number of hydrogen-bond donors (Lipinski definition) is 0. The second-order valence-corrected chi connectivity index (χ2v) is 4.66. The van der Waals surface area contributed by atoms with Gasteiger partial charge in [0.15, 0.2) is 0 Å². The van der Waals surface area contributed by atoms with E-state index in [1.54, 1.807) is 6.08 Å². The maximum Gasteiger partial charge on any atom is 0.0991 e. The van der Waals surface area contributed by atoms with Gasteiger partial charge in [0, 0.05) is 0 Å². The lowest BCUT2D eigenvalue weighted by Crippen LogP contribution is -2.11. The molecule has 0 aromatic heterocycles. The van der Waals surface area contributed by atoms with E-state index in [1.807, 2.05) is 12.1 Å². The van der Waals surface area contributed by atoms with Crippen LogP contribution in [0.5, 0.6) is 0 Å². The summed E-state index contributed by atoms with van der Waals surface area (Å²) in [5, 5.41) is 8.74. The van der Waals surface area contributed by atoms with Crippen LogP contribution in [0.15, 0.2) is 36.7 Å². The van der Waals surface area contributed by atoms with Gasteiger partial charge >= 0.3 is 0 Å². The standard InChI is InChI=1S/C15H16FN/c16-10-9-12-1-5-14(6-2-12)15-7-3-13(11-17)4-8-15/h3-4,7-10,12,14H,1-2,5-6H2. The van der Waals surface area contributed by atoms with Gasteiger partial charge in [-0.3, -0.25) is 0 Å². The molecule has 1 saturated carbocycles. The van der Waals surface area contributed by atoms with Crippen molar-refractivity contribution in [3.63, 3.8) is 0 Å². The first-order valence-corrected chi connectivity index (χ1v) is 6.10. The molecule has 2 rings (SSSR count). The minimum Gasteiger partial charge on any atom is -0.216 e. The van der Waals surface area contributed by atoms with Gasteiger partial charge in [-0.05, 0) is 55.2 Å². The van der Waals surface area contributed by atoms with Crippen LogP contribution in [0, 0.1) is 17.2 Å². The first-order valence-electron chi connectivity index (χ1n) is 6.10. The Kier molecular flexibility index (Phi) is 3.93. The zero-order valence-corrected chi connectivity index (χ0v) is 9.77. The number of nitriles is 1. The van der Waals surface area contributed by atoms with E-state index < -0.39 is 0 Å². The highest BCUT2D eigenvalue weighted by Gasteiger charge is 2.20. The smallest absolute Gasteiger partial charge is 0.0991 e. The Morgan fingerprint density at radius 2 is 1.76 bits per heavy atom. The maximum atomic E-state index is 12.1. The Morgan fingerprint density at radius 1 is 1.12 bits per heavy atom. The van der Waals surface area contributed by atoms with Crippen molar-refractivity contribution in [1.82, 2.24) is 0 Å². The Morgan fingerprint density at radius 3 is 2.29 bits per heavy atom. The average Bonchev–Trinajstić information content (AvgIpc) is 2.40. The molecular formula is C15H16FN. The summed E-state index contributed by atoms with van der Waals surface area (Å²) >= 11 is 0. The molecule has 0 amide bonds. The third-order valence-electron chi connectivity index (χ3n) is 3.63. The van der Waals surface area contributed by atoms with Gasteiger partial charge < -0.3 is 0 Å². The van der Waals surface area contributed by atoms with E-state index in [2.05, 4.69) is 18.2 Å². The Hall–Kier alpha value is -1.62. The summed E-state index contributed by atoms with van der Waals surface area (Å²) in [6.07, 6.45) is 6.69. The third kappa shape index (κ3) is 2.94. The number of rotatable bonds is 2. The van der Waals surface area contributed by atoms with Crippen LogP contribution in [0.3, 0.4) is 0 Å². The lowest BCUT2D eigenvalue weighted by molar-refractivity contribution is 0.373. The maximum absolute atomic E-state index is 12.1. The van der Waals surface area contributed by atoms with Gasteiger partial charge in [-0.15, -0.1) is 0 Å².